The second-order valence-corrected chi connectivity index (χ2v) is 16.4. The van der Waals surface area contributed by atoms with Crippen LogP contribution >= 0.6 is 11.6 Å². The summed E-state index contributed by atoms with van der Waals surface area (Å²) in [6.45, 7) is 11.0. The van der Waals surface area contributed by atoms with Crippen LogP contribution in [0.25, 0.3) is 0 Å². The fourth-order valence-electron chi connectivity index (χ4n) is 4.93. The van der Waals surface area contributed by atoms with Crippen molar-refractivity contribution in [1.82, 2.24) is 15.1 Å². The number of hydrogen-bond acceptors (Lipinski definition) is 4. The first-order chi connectivity index (χ1) is 15.4. The number of fused-ring (bicyclic) bond motifs is 1. The molecule has 8 nitrogen and oxygen atoms in total. The highest BCUT2D eigenvalue weighted by Crippen LogP contribution is 2.56. The van der Waals surface area contributed by atoms with Crippen molar-refractivity contribution in [2.45, 2.75) is 69.9 Å². The van der Waals surface area contributed by atoms with E-state index in [1.54, 1.807) is 30.2 Å². The van der Waals surface area contributed by atoms with Gasteiger partial charge in [-0.15, -0.1) is 0 Å². The van der Waals surface area contributed by atoms with Gasteiger partial charge in [-0.05, 0) is 38.8 Å². The molecule has 1 aromatic heterocycles. The number of anilines is 2. The molecule has 1 saturated carbocycles. The van der Waals surface area contributed by atoms with Gasteiger partial charge in [0.1, 0.15) is 5.75 Å². The number of aromatic nitrogens is 2. The molecule has 178 valence electrons. The number of halogens is 1. The molecule has 4 rings (SSSR count). The number of carbonyl (C=O) groups excluding carboxylic acids is 2. The Morgan fingerprint density at radius 3 is 2.48 bits per heavy atom. The predicted octanol–water partition coefficient (Wildman–Crippen LogP) is 5.56. The van der Waals surface area contributed by atoms with Crippen LogP contribution in [0.4, 0.5) is 16.3 Å². The Labute approximate surface area is 200 Å². The number of ether oxygens (including phenoxy) is 1. The minimum absolute atomic E-state index is 0.0612. The number of carbonyl (C=O) groups is 2. The van der Waals surface area contributed by atoms with Crippen molar-refractivity contribution >= 4 is 43.1 Å². The van der Waals surface area contributed by atoms with Gasteiger partial charge >= 0.3 is 6.03 Å². The van der Waals surface area contributed by atoms with Crippen molar-refractivity contribution in [3.63, 3.8) is 0 Å². The topological polar surface area (TPSA) is 99.3 Å². The normalized spacial score (nSPS) is 18.3. The van der Waals surface area contributed by atoms with Gasteiger partial charge in [-0.3, -0.25) is 9.89 Å². The van der Waals surface area contributed by atoms with Gasteiger partial charge in [-0.1, -0.05) is 37.7 Å². The minimum Gasteiger partial charge on any atom is -0.497 e. The number of rotatable bonds is 5. The average Bonchev–Trinajstić information content (AvgIpc) is 3.19. The molecule has 0 radical (unpaired) electrons. The third-order valence-corrected chi connectivity index (χ3v) is 11.4. The van der Waals surface area contributed by atoms with Crippen LogP contribution in [0.5, 0.6) is 5.75 Å². The van der Waals surface area contributed by atoms with Crippen LogP contribution in [0, 0.1) is 0 Å². The van der Waals surface area contributed by atoms with Crippen LogP contribution in [0.3, 0.4) is 0 Å². The number of urea groups is 1. The zero-order valence-corrected chi connectivity index (χ0v) is 21.8. The van der Waals surface area contributed by atoms with Crippen LogP contribution in [-0.4, -0.2) is 42.2 Å². The van der Waals surface area contributed by atoms with Crippen molar-refractivity contribution < 1.29 is 14.3 Å². The second-order valence-electron chi connectivity index (χ2n) is 10.5. The van der Waals surface area contributed by atoms with Crippen molar-refractivity contribution in [1.29, 1.82) is 0 Å². The number of hydrogen-bond donors (Lipinski definition) is 3. The summed E-state index contributed by atoms with van der Waals surface area (Å²) in [6.07, 6.45) is 2.95. The Hall–Kier alpha value is -2.52. The summed E-state index contributed by atoms with van der Waals surface area (Å²) in [4.78, 5) is 28.3. The molecular formula is C23H32ClN5O3Si. The molecule has 1 aliphatic heterocycles. The van der Waals surface area contributed by atoms with E-state index in [0.29, 0.717) is 28.8 Å². The number of benzene rings is 1. The number of methoxy groups -OCH3 is 1. The first kappa shape index (κ1) is 23.6. The number of amides is 3. The van der Waals surface area contributed by atoms with E-state index in [9.17, 15) is 9.59 Å². The highest BCUT2D eigenvalue weighted by molar-refractivity contribution is 6.83. The Bertz CT molecular complexity index is 1100. The summed E-state index contributed by atoms with van der Waals surface area (Å²) in [5.41, 5.74) is 1.49. The van der Waals surface area contributed by atoms with Gasteiger partial charge < -0.3 is 20.3 Å². The highest BCUT2D eigenvalue weighted by Gasteiger charge is 2.54. The van der Waals surface area contributed by atoms with E-state index in [1.807, 2.05) is 13.8 Å². The first-order valence-corrected chi connectivity index (χ1v) is 15.1. The van der Waals surface area contributed by atoms with Crippen LogP contribution in [0.1, 0.15) is 44.4 Å². The third kappa shape index (κ3) is 3.81. The van der Waals surface area contributed by atoms with E-state index in [2.05, 4.69) is 40.5 Å². The van der Waals surface area contributed by atoms with Crippen LogP contribution < -0.4 is 15.4 Å². The van der Waals surface area contributed by atoms with Gasteiger partial charge in [0.25, 0.3) is 0 Å². The molecular weight excluding hydrogens is 458 g/mol. The zero-order valence-electron chi connectivity index (χ0n) is 20.1. The number of aromatic amines is 1. The van der Waals surface area contributed by atoms with Crippen molar-refractivity contribution in [2.75, 3.05) is 17.7 Å². The van der Waals surface area contributed by atoms with Gasteiger partial charge in [0.15, 0.2) is 5.82 Å². The maximum Gasteiger partial charge on any atom is 0.322 e. The summed E-state index contributed by atoms with van der Waals surface area (Å²) in [5, 5.41) is 13.6. The van der Waals surface area contributed by atoms with Gasteiger partial charge in [0.05, 0.1) is 43.7 Å². The number of nitrogens with one attached hydrogen (secondary N) is 3. The minimum atomic E-state index is -1.71. The Morgan fingerprint density at radius 1 is 1.21 bits per heavy atom. The Balaban J connectivity index is 1.55. The molecule has 0 unspecified atom stereocenters. The standard InChI is InChI=1S/C23H32ClN5O3Si/c1-22(2)18-15(13-29(22)21(31)25-17-12-14(32-3)8-9-16(17)24)19(28-27-18)26-20(30)23(10-7-11-23)33(4,5)6/h8-9,12H,7,10-11,13H2,1-6H3,(H,25,31)(H2,26,27,28,30). The monoisotopic (exact) mass is 489 g/mol. The lowest BCUT2D eigenvalue weighted by Crippen LogP contribution is -2.52. The van der Waals surface area contributed by atoms with Gasteiger partial charge in [-0.2, -0.15) is 5.10 Å². The number of H-pyrrole nitrogens is 1. The maximum absolute atomic E-state index is 13.3. The molecule has 1 aromatic carbocycles. The van der Waals surface area contributed by atoms with Gasteiger partial charge in [-0.25, -0.2) is 4.79 Å². The second kappa shape index (κ2) is 8.05. The van der Waals surface area contributed by atoms with Crippen LogP contribution in [0.2, 0.25) is 29.7 Å². The van der Waals surface area contributed by atoms with E-state index < -0.39 is 13.6 Å². The molecule has 1 aliphatic carbocycles. The quantitative estimate of drug-likeness (QED) is 0.479. The maximum atomic E-state index is 13.3. The lowest BCUT2D eigenvalue weighted by atomic mass is 9.83. The molecule has 0 saturated heterocycles. The summed E-state index contributed by atoms with van der Waals surface area (Å²) >= 11 is 6.28. The Morgan fingerprint density at radius 2 is 1.91 bits per heavy atom. The molecule has 0 atom stereocenters. The zero-order chi connectivity index (χ0) is 24.2. The average molecular weight is 490 g/mol. The third-order valence-electron chi connectivity index (χ3n) is 7.44. The van der Waals surface area contributed by atoms with Gasteiger partial charge in [0, 0.05) is 16.7 Å². The largest absolute Gasteiger partial charge is 0.497 e. The molecule has 2 heterocycles. The summed E-state index contributed by atoms with van der Waals surface area (Å²) < 4.78 is 5.24. The molecule has 2 aromatic rings. The van der Waals surface area contributed by atoms with Crippen molar-refractivity contribution in [2.24, 2.45) is 0 Å². The molecule has 3 amide bonds. The number of nitrogens with zero attached hydrogens (tertiary/aromatic N) is 2. The first-order valence-electron chi connectivity index (χ1n) is 11.2. The molecule has 0 spiro atoms. The molecule has 0 bridgehead atoms. The van der Waals surface area contributed by atoms with Crippen LogP contribution in [0.15, 0.2) is 18.2 Å². The summed E-state index contributed by atoms with van der Waals surface area (Å²) in [7, 11) is -0.151. The molecule has 10 heteroatoms. The fraction of sp³-hybridized carbons (Fsp3) is 0.522. The lowest BCUT2D eigenvalue weighted by molar-refractivity contribution is -0.121. The van der Waals surface area contributed by atoms with E-state index in [4.69, 9.17) is 16.3 Å². The SMILES string of the molecule is COc1ccc(Cl)c(NC(=O)N2Cc3c(NC(=O)C4([Si](C)(C)C)CCC4)n[nH]c3C2(C)C)c1. The highest BCUT2D eigenvalue weighted by atomic mass is 35.5. The predicted molar refractivity (Wildman–Crippen MR) is 133 cm³/mol. The summed E-state index contributed by atoms with van der Waals surface area (Å²) in [5.74, 6) is 1.18. The van der Waals surface area contributed by atoms with Gasteiger partial charge in [0.2, 0.25) is 5.91 Å². The van der Waals surface area contributed by atoms with E-state index in [0.717, 1.165) is 30.5 Å². The smallest absolute Gasteiger partial charge is 0.322 e. The van der Waals surface area contributed by atoms with E-state index in [-0.39, 0.29) is 17.0 Å². The van der Waals surface area contributed by atoms with E-state index in [1.165, 1.54) is 0 Å². The molecule has 2 aliphatic rings. The molecule has 3 N–H and O–H groups in total. The Kier molecular flexibility index (Phi) is 5.77. The lowest BCUT2D eigenvalue weighted by Gasteiger charge is -2.48. The molecule has 1 fully saturated rings. The molecule has 33 heavy (non-hydrogen) atoms. The van der Waals surface area contributed by atoms with E-state index >= 15 is 0 Å². The van der Waals surface area contributed by atoms with Crippen molar-refractivity contribution in [3.8, 4) is 5.75 Å². The summed E-state index contributed by atoms with van der Waals surface area (Å²) in [6, 6.07) is 4.80. The fourth-order valence-corrected chi connectivity index (χ4v) is 7.69. The van der Waals surface area contributed by atoms with Crippen LogP contribution in [-0.2, 0) is 16.9 Å². The van der Waals surface area contributed by atoms with Crippen molar-refractivity contribution in [3.05, 3.63) is 34.5 Å².